The highest BCUT2D eigenvalue weighted by Crippen LogP contribution is 2.29. The molecule has 4 nitrogen and oxygen atoms in total. The van der Waals surface area contributed by atoms with Crippen molar-refractivity contribution < 1.29 is 4.79 Å². The zero-order valence-electron chi connectivity index (χ0n) is 13.5. The number of aromatic nitrogens is 2. The van der Waals surface area contributed by atoms with Crippen LogP contribution in [0.2, 0.25) is 10.0 Å². The SMILES string of the molecule is O=C(/C=C/c1cc2c(cn1)[nH]c1ccccc12)Nc1cccc(Cl)c1Cl. The lowest BCUT2D eigenvalue weighted by Crippen LogP contribution is -2.08. The summed E-state index contributed by atoms with van der Waals surface area (Å²) in [5.41, 5.74) is 3.17. The number of aromatic amines is 1. The molecule has 6 heteroatoms. The van der Waals surface area contributed by atoms with Gasteiger partial charge < -0.3 is 10.3 Å². The molecule has 2 N–H and O–H groups in total. The molecule has 0 saturated carbocycles. The average molecular weight is 382 g/mol. The molecule has 2 heterocycles. The zero-order chi connectivity index (χ0) is 18.1. The van der Waals surface area contributed by atoms with Crippen molar-refractivity contribution >= 4 is 62.7 Å². The van der Waals surface area contributed by atoms with Crippen LogP contribution in [0.15, 0.2) is 60.8 Å². The van der Waals surface area contributed by atoms with Gasteiger partial charge in [-0.3, -0.25) is 9.78 Å². The lowest BCUT2D eigenvalue weighted by molar-refractivity contribution is -0.111. The van der Waals surface area contributed by atoms with Crippen LogP contribution in [0.3, 0.4) is 0 Å². The Morgan fingerprint density at radius 1 is 1.04 bits per heavy atom. The second kappa shape index (κ2) is 6.83. The Morgan fingerprint density at radius 2 is 1.88 bits per heavy atom. The summed E-state index contributed by atoms with van der Waals surface area (Å²) >= 11 is 12.0. The summed E-state index contributed by atoms with van der Waals surface area (Å²) in [4.78, 5) is 19.8. The van der Waals surface area contributed by atoms with E-state index in [1.165, 1.54) is 6.08 Å². The predicted octanol–water partition coefficient (Wildman–Crippen LogP) is 5.67. The molecule has 2 aromatic carbocycles. The molecule has 26 heavy (non-hydrogen) atoms. The lowest BCUT2D eigenvalue weighted by atomic mass is 10.1. The smallest absolute Gasteiger partial charge is 0.248 e. The van der Waals surface area contributed by atoms with Crippen LogP contribution in [0.4, 0.5) is 5.69 Å². The molecular formula is C20H13Cl2N3O. The van der Waals surface area contributed by atoms with Crippen LogP contribution in [0.1, 0.15) is 5.69 Å². The molecule has 0 spiro atoms. The van der Waals surface area contributed by atoms with Crippen LogP contribution in [0, 0.1) is 0 Å². The van der Waals surface area contributed by atoms with Crippen LogP contribution in [0.5, 0.6) is 0 Å². The molecular weight excluding hydrogens is 369 g/mol. The number of anilines is 1. The highest BCUT2D eigenvalue weighted by Gasteiger charge is 2.07. The number of amides is 1. The highest BCUT2D eigenvalue weighted by molar-refractivity contribution is 6.44. The van der Waals surface area contributed by atoms with Crippen LogP contribution >= 0.6 is 23.2 Å². The molecule has 0 radical (unpaired) electrons. The van der Waals surface area contributed by atoms with E-state index >= 15 is 0 Å². The molecule has 4 aromatic rings. The van der Waals surface area contributed by atoms with E-state index in [0.717, 1.165) is 21.8 Å². The summed E-state index contributed by atoms with van der Waals surface area (Å²) in [5.74, 6) is -0.310. The Labute approximate surface area is 159 Å². The van der Waals surface area contributed by atoms with Gasteiger partial charge in [-0.25, -0.2) is 0 Å². The van der Waals surface area contributed by atoms with Gasteiger partial charge in [0.25, 0.3) is 0 Å². The fraction of sp³-hybridized carbons (Fsp3) is 0. The van der Waals surface area contributed by atoms with E-state index in [4.69, 9.17) is 23.2 Å². The number of halogens is 2. The number of carbonyl (C=O) groups excluding carboxylic acids is 1. The number of para-hydroxylation sites is 1. The Bertz CT molecular complexity index is 1160. The third kappa shape index (κ3) is 3.17. The minimum absolute atomic E-state index is 0.310. The van der Waals surface area contributed by atoms with Crippen molar-refractivity contribution in [3.63, 3.8) is 0 Å². The maximum absolute atomic E-state index is 12.1. The molecule has 0 aliphatic heterocycles. The zero-order valence-corrected chi connectivity index (χ0v) is 15.0. The second-order valence-corrected chi connectivity index (χ2v) is 6.53. The minimum atomic E-state index is -0.310. The standard InChI is InChI=1S/C20H13Cl2N3O/c21-15-5-3-7-17(20(15)22)25-19(26)9-8-12-10-14-13-4-1-2-6-16(13)24-18(14)11-23-12/h1-11,24H,(H,25,26)/b9-8+. The van der Waals surface area contributed by atoms with E-state index in [0.29, 0.717) is 21.4 Å². The maximum atomic E-state index is 12.1. The van der Waals surface area contributed by atoms with Crippen LogP contribution in [-0.4, -0.2) is 15.9 Å². The van der Waals surface area contributed by atoms with Crippen molar-refractivity contribution in [2.45, 2.75) is 0 Å². The number of rotatable bonds is 3. The second-order valence-electron chi connectivity index (χ2n) is 5.75. The van der Waals surface area contributed by atoms with Gasteiger partial charge in [-0.1, -0.05) is 47.5 Å². The summed E-state index contributed by atoms with van der Waals surface area (Å²) in [5, 5.41) is 5.59. The van der Waals surface area contributed by atoms with Crippen molar-refractivity contribution in [2.75, 3.05) is 5.32 Å². The molecule has 0 saturated heterocycles. The van der Waals surface area contributed by atoms with E-state index in [-0.39, 0.29) is 5.91 Å². The maximum Gasteiger partial charge on any atom is 0.248 e. The van der Waals surface area contributed by atoms with Crippen LogP contribution in [-0.2, 0) is 4.79 Å². The minimum Gasteiger partial charge on any atom is -0.353 e. The van der Waals surface area contributed by atoms with Gasteiger partial charge in [0, 0.05) is 22.4 Å². The number of nitrogens with one attached hydrogen (secondary N) is 2. The molecule has 0 bridgehead atoms. The molecule has 128 valence electrons. The number of H-pyrrole nitrogens is 1. The van der Waals surface area contributed by atoms with Crippen molar-refractivity contribution in [3.05, 3.63) is 76.5 Å². The van der Waals surface area contributed by atoms with Gasteiger partial charge in [0.1, 0.15) is 0 Å². The van der Waals surface area contributed by atoms with Gasteiger partial charge in [-0.2, -0.15) is 0 Å². The van der Waals surface area contributed by atoms with Crippen molar-refractivity contribution in [1.82, 2.24) is 9.97 Å². The van der Waals surface area contributed by atoms with E-state index in [1.54, 1.807) is 30.5 Å². The third-order valence-corrected chi connectivity index (χ3v) is 4.85. The van der Waals surface area contributed by atoms with Gasteiger partial charge >= 0.3 is 0 Å². The molecule has 0 atom stereocenters. The summed E-state index contributed by atoms with van der Waals surface area (Å²) in [6.07, 6.45) is 4.84. The monoisotopic (exact) mass is 381 g/mol. The number of carbonyl (C=O) groups is 1. The molecule has 1 amide bonds. The molecule has 2 aromatic heterocycles. The molecule has 4 rings (SSSR count). The predicted molar refractivity (Wildman–Crippen MR) is 108 cm³/mol. The van der Waals surface area contributed by atoms with E-state index in [1.807, 2.05) is 24.3 Å². The van der Waals surface area contributed by atoms with Crippen molar-refractivity contribution in [2.24, 2.45) is 0 Å². The Kier molecular flexibility index (Phi) is 4.37. The summed E-state index contributed by atoms with van der Waals surface area (Å²) in [6, 6.07) is 15.1. The van der Waals surface area contributed by atoms with Gasteiger partial charge in [0.2, 0.25) is 5.91 Å². The Hall–Kier alpha value is -2.82. The molecule has 0 aliphatic carbocycles. The lowest BCUT2D eigenvalue weighted by Gasteiger charge is -2.05. The van der Waals surface area contributed by atoms with Gasteiger partial charge in [0.15, 0.2) is 0 Å². The quantitative estimate of drug-likeness (QED) is 0.448. The third-order valence-electron chi connectivity index (χ3n) is 4.03. The number of pyridine rings is 1. The Balaban J connectivity index is 1.59. The topological polar surface area (TPSA) is 57.8 Å². The van der Waals surface area contributed by atoms with Gasteiger partial charge in [-0.15, -0.1) is 0 Å². The Morgan fingerprint density at radius 3 is 2.77 bits per heavy atom. The first kappa shape index (κ1) is 16.6. The van der Waals surface area contributed by atoms with Crippen molar-refractivity contribution in [3.8, 4) is 0 Å². The first-order valence-corrected chi connectivity index (χ1v) is 8.67. The number of nitrogens with zero attached hydrogens (tertiary/aromatic N) is 1. The summed E-state index contributed by atoms with van der Waals surface area (Å²) in [7, 11) is 0. The van der Waals surface area contributed by atoms with E-state index < -0.39 is 0 Å². The fourth-order valence-electron chi connectivity index (χ4n) is 2.79. The fourth-order valence-corrected chi connectivity index (χ4v) is 3.14. The first-order valence-electron chi connectivity index (χ1n) is 7.91. The number of fused-ring (bicyclic) bond motifs is 3. The number of hydrogen-bond donors (Lipinski definition) is 2. The van der Waals surface area contributed by atoms with E-state index in [2.05, 4.69) is 21.4 Å². The molecule has 0 unspecified atom stereocenters. The summed E-state index contributed by atoms with van der Waals surface area (Å²) in [6.45, 7) is 0. The van der Waals surface area contributed by atoms with Crippen molar-refractivity contribution in [1.29, 1.82) is 0 Å². The van der Waals surface area contributed by atoms with E-state index in [9.17, 15) is 4.79 Å². The first-order chi connectivity index (χ1) is 12.6. The van der Waals surface area contributed by atoms with Gasteiger partial charge in [0.05, 0.1) is 33.1 Å². The van der Waals surface area contributed by atoms with Crippen LogP contribution in [0.25, 0.3) is 27.9 Å². The molecule has 0 aliphatic rings. The average Bonchev–Trinajstić information content (AvgIpc) is 3.02. The number of benzene rings is 2. The summed E-state index contributed by atoms with van der Waals surface area (Å²) < 4.78 is 0. The highest BCUT2D eigenvalue weighted by atomic mass is 35.5. The normalized spacial score (nSPS) is 11.5. The number of hydrogen-bond acceptors (Lipinski definition) is 2. The largest absolute Gasteiger partial charge is 0.353 e. The van der Waals surface area contributed by atoms with Crippen LogP contribution < -0.4 is 5.32 Å². The molecule has 0 fully saturated rings. The van der Waals surface area contributed by atoms with Gasteiger partial charge in [-0.05, 0) is 30.3 Å².